The Morgan fingerprint density at radius 1 is 1.31 bits per heavy atom. The number of rotatable bonds is 0. The van der Waals surface area contributed by atoms with Gasteiger partial charge < -0.3 is 5.73 Å². The third-order valence-corrected chi connectivity index (χ3v) is 2.21. The minimum atomic E-state index is 0.501. The molecule has 2 rings (SSSR count). The van der Waals surface area contributed by atoms with E-state index in [9.17, 15) is 0 Å². The van der Waals surface area contributed by atoms with Gasteiger partial charge in [-0.3, -0.25) is 0 Å². The number of anilines is 1. The third kappa shape index (κ3) is 1.22. The first-order chi connectivity index (χ1) is 6.18. The fraction of sp³-hybridized carbons (Fsp3) is 0.200. The highest BCUT2D eigenvalue weighted by atomic mass is 14.9. The molecule has 2 aromatic heterocycles. The molecule has 0 aliphatic heterocycles. The van der Waals surface area contributed by atoms with Crippen LogP contribution in [0, 0.1) is 13.8 Å². The van der Waals surface area contributed by atoms with Gasteiger partial charge in [0.2, 0.25) is 0 Å². The average molecular weight is 173 g/mol. The van der Waals surface area contributed by atoms with Crippen LogP contribution in [0.25, 0.3) is 10.9 Å². The van der Waals surface area contributed by atoms with Gasteiger partial charge in [0.15, 0.2) is 0 Å². The molecule has 0 aliphatic carbocycles. The molecule has 2 aromatic rings. The van der Waals surface area contributed by atoms with E-state index in [4.69, 9.17) is 5.73 Å². The average Bonchev–Trinajstić information content (AvgIpc) is 2.09. The van der Waals surface area contributed by atoms with Gasteiger partial charge in [0.05, 0.1) is 0 Å². The van der Waals surface area contributed by atoms with Gasteiger partial charge >= 0.3 is 0 Å². The number of nitrogen functional groups attached to an aromatic ring is 1. The maximum Gasteiger partial charge on any atom is 0.149 e. The molecule has 0 fully saturated rings. The molecule has 3 nitrogen and oxygen atoms in total. The molecule has 13 heavy (non-hydrogen) atoms. The summed E-state index contributed by atoms with van der Waals surface area (Å²) in [4.78, 5) is 8.38. The van der Waals surface area contributed by atoms with Crippen LogP contribution in [0.15, 0.2) is 18.3 Å². The number of aryl methyl sites for hydroxylation is 2. The van der Waals surface area contributed by atoms with E-state index >= 15 is 0 Å². The molecule has 2 N–H and O–H groups in total. The zero-order valence-corrected chi connectivity index (χ0v) is 7.70. The summed E-state index contributed by atoms with van der Waals surface area (Å²) >= 11 is 0. The molecule has 0 aromatic carbocycles. The van der Waals surface area contributed by atoms with Crippen LogP contribution in [0.5, 0.6) is 0 Å². The minimum Gasteiger partial charge on any atom is -0.382 e. The number of hydrogen-bond donors (Lipinski definition) is 1. The first-order valence-corrected chi connectivity index (χ1v) is 4.17. The molecule has 0 bridgehead atoms. The van der Waals surface area contributed by atoms with Gasteiger partial charge in [0.1, 0.15) is 11.3 Å². The highest BCUT2D eigenvalue weighted by Crippen LogP contribution is 2.18. The molecule has 2 heterocycles. The topological polar surface area (TPSA) is 51.8 Å². The standard InChI is InChI=1S/C10H11N3/c1-6-5-8-3-4-12-10(11)9(8)13-7(6)2/h3-5H,1-2H3,(H2,11,12). The van der Waals surface area contributed by atoms with Crippen molar-refractivity contribution in [3.63, 3.8) is 0 Å². The Labute approximate surface area is 76.6 Å². The van der Waals surface area contributed by atoms with E-state index in [0.717, 1.165) is 16.6 Å². The van der Waals surface area contributed by atoms with Crippen molar-refractivity contribution in [2.24, 2.45) is 0 Å². The molecule has 0 saturated carbocycles. The fourth-order valence-corrected chi connectivity index (χ4v) is 1.32. The van der Waals surface area contributed by atoms with Gasteiger partial charge in [0.25, 0.3) is 0 Å². The van der Waals surface area contributed by atoms with E-state index in [1.54, 1.807) is 6.20 Å². The first kappa shape index (κ1) is 7.98. The summed E-state index contributed by atoms with van der Waals surface area (Å²) in [5.74, 6) is 0.501. The van der Waals surface area contributed by atoms with Gasteiger partial charge in [-0.1, -0.05) is 0 Å². The zero-order chi connectivity index (χ0) is 9.42. The molecule has 3 heteroatoms. The van der Waals surface area contributed by atoms with E-state index in [1.807, 2.05) is 19.9 Å². The summed E-state index contributed by atoms with van der Waals surface area (Å²) in [6.45, 7) is 4.01. The van der Waals surface area contributed by atoms with Crippen LogP contribution < -0.4 is 5.73 Å². The van der Waals surface area contributed by atoms with Crippen molar-refractivity contribution in [3.8, 4) is 0 Å². The number of pyridine rings is 2. The van der Waals surface area contributed by atoms with Crippen LogP contribution in [0.2, 0.25) is 0 Å². The lowest BCUT2D eigenvalue weighted by Gasteiger charge is -2.03. The van der Waals surface area contributed by atoms with Crippen LogP contribution in [0.1, 0.15) is 11.3 Å². The van der Waals surface area contributed by atoms with Gasteiger partial charge in [-0.25, -0.2) is 9.97 Å². The van der Waals surface area contributed by atoms with Gasteiger partial charge in [-0.2, -0.15) is 0 Å². The second kappa shape index (κ2) is 2.69. The van der Waals surface area contributed by atoms with Crippen molar-refractivity contribution in [2.45, 2.75) is 13.8 Å². The molecule has 0 unspecified atom stereocenters. The Morgan fingerprint density at radius 3 is 2.85 bits per heavy atom. The summed E-state index contributed by atoms with van der Waals surface area (Å²) in [6, 6.07) is 4.00. The Morgan fingerprint density at radius 2 is 2.08 bits per heavy atom. The normalized spacial score (nSPS) is 10.6. The Hall–Kier alpha value is -1.64. The molecule has 0 atom stereocenters. The van der Waals surface area contributed by atoms with E-state index in [0.29, 0.717) is 5.82 Å². The predicted octanol–water partition coefficient (Wildman–Crippen LogP) is 1.83. The van der Waals surface area contributed by atoms with E-state index in [1.165, 1.54) is 5.56 Å². The van der Waals surface area contributed by atoms with E-state index in [-0.39, 0.29) is 0 Å². The van der Waals surface area contributed by atoms with Crippen molar-refractivity contribution >= 4 is 16.7 Å². The summed E-state index contributed by atoms with van der Waals surface area (Å²) < 4.78 is 0. The molecule has 0 amide bonds. The molecule has 0 saturated heterocycles. The van der Waals surface area contributed by atoms with Crippen molar-refractivity contribution < 1.29 is 0 Å². The molecule has 0 radical (unpaired) electrons. The highest BCUT2D eigenvalue weighted by Gasteiger charge is 2.02. The Balaban J connectivity index is 2.89. The van der Waals surface area contributed by atoms with E-state index < -0.39 is 0 Å². The van der Waals surface area contributed by atoms with E-state index in [2.05, 4.69) is 16.0 Å². The second-order valence-electron chi connectivity index (χ2n) is 3.16. The van der Waals surface area contributed by atoms with Gasteiger partial charge in [0, 0.05) is 17.3 Å². The van der Waals surface area contributed by atoms with Crippen molar-refractivity contribution in [2.75, 3.05) is 5.73 Å². The summed E-state index contributed by atoms with van der Waals surface area (Å²) in [5, 5.41) is 1.05. The maximum atomic E-state index is 5.70. The minimum absolute atomic E-state index is 0.501. The summed E-state index contributed by atoms with van der Waals surface area (Å²) in [6.07, 6.45) is 1.70. The number of nitrogens with two attached hydrogens (primary N) is 1. The first-order valence-electron chi connectivity index (χ1n) is 4.17. The van der Waals surface area contributed by atoms with Crippen molar-refractivity contribution in [1.82, 2.24) is 9.97 Å². The SMILES string of the molecule is Cc1cc2ccnc(N)c2nc1C. The van der Waals surface area contributed by atoms with Gasteiger partial charge in [-0.15, -0.1) is 0 Å². The summed E-state index contributed by atoms with van der Waals surface area (Å²) in [7, 11) is 0. The molecular formula is C10H11N3. The molecule has 66 valence electrons. The third-order valence-electron chi connectivity index (χ3n) is 2.21. The number of nitrogens with zero attached hydrogens (tertiary/aromatic N) is 2. The quantitative estimate of drug-likeness (QED) is 0.661. The lowest BCUT2D eigenvalue weighted by molar-refractivity contribution is 1.18. The maximum absolute atomic E-state index is 5.70. The van der Waals surface area contributed by atoms with Crippen molar-refractivity contribution in [3.05, 3.63) is 29.6 Å². The van der Waals surface area contributed by atoms with Crippen molar-refractivity contribution in [1.29, 1.82) is 0 Å². The fourth-order valence-electron chi connectivity index (χ4n) is 1.32. The van der Waals surface area contributed by atoms with Gasteiger partial charge in [-0.05, 0) is 31.5 Å². The lowest BCUT2D eigenvalue weighted by atomic mass is 10.1. The summed E-state index contributed by atoms with van der Waals surface area (Å²) in [5.41, 5.74) is 8.68. The van der Waals surface area contributed by atoms with Crippen LogP contribution >= 0.6 is 0 Å². The number of fused-ring (bicyclic) bond motifs is 1. The highest BCUT2D eigenvalue weighted by molar-refractivity contribution is 5.87. The van der Waals surface area contributed by atoms with Crippen LogP contribution in [-0.2, 0) is 0 Å². The largest absolute Gasteiger partial charge is 0.382 e. The predicted molar refractivity (Wildman–Crippen MR) is 53.4 cm³/mol. The van der Waals surface area contributed by atoms with Crippen LogP contribution in [0.4, 0.5) is 5.82 Å². The van der Waals surface area contributed by atoms with Crippen LogP contribution in [0.3, 0.4) is 0 Å². The lowest BCUT2D eigenvalue weighted by Crippen LogP contribution is -1.95. The zero-order valence-electron chi connectivity index (χ0n) is 7.70. The number of hydrogen-bond acceptors (Lipinski definition) is 3. The Bertz CT molecular complexity index is 463. The van der Waals surface area contributed by atoms with Crippen LogP contribution in [-0.4, -0.2) is 9.97 Å². The Kier molecular flexibility index (Phi) is 1.65. The monoisotopic (exact) mass is 173 g/mol. The molecular weight excluding hydrogens is 162 g/mol. The molecule has 0 spiro atoms. The number of aromatic nitrogens is 2. The molecule has 0 aliphatic rings. The second-order valence-corrected chi connectivity index (χ2v) is 3.16. The smallest absolute Gasteiger partial charge is 0.149 e.